The zero-order valence-electron chi connectivity index (χ0n) is 44.7. The van der Waals surface area contributed by atoms with Crippen LogP contribution in [-0.4, -0.2) is 85.7 Å². The molecule has 0 aromatic rings. The molecule has 0 fully saturated rings. The Balaban J connectivity index is 3.34. The van der Waals surface area contributed by atoms with Crippen molar-refractivity contribution in [1.82, 2.24) is 10.6 Å². The molecule has 2 atom stereocenters. The van der Waals surface area contributed by atoms with Crippen molar-refractivity contribution in [2.24, 2.45) is 5.92 Å². The Hall–Kier alpha value is -0.440. The molecule has 0 aliphatic carbocycles. The van der Waals surface area contributed by atoms with Crippen LogP contribution in [0.5, 0.6) is 0 Å². The van der Waals surface area contributed by atoms with E-state index >= 15 is 0 Å². The first-order valence-corrected chi connectivity index (χ1v) is 31.0. The highest BCUT2D eigenvalue weighted by Crippen LogP contribution is 2.24. The van der Waals surface area contributed by atoms with Crippen LogP contribution in [0.2, 0.25) is 0 Å². The molecule has 0 saturated carbocycles. The highest BCUT2D eigenvalue weighted by atomic mass is 33.1. The Kier molecular flexibility index (Phi) is 47.3. The van der Waals surface area contributed by atoms with Gasteiger partial charge in [0, 0.05) is 43.4 Å². The number of carbonyl (C=O) groups excluding carboxylic acids is 2. The summed E-state index contributed by atoms with van der Waals surface area (Å²) in [6.45, 7) is 27.3. The van der Waals surface area contributed by atoms with E-state index in [0.717, 1.165) is 56.8 Å². The monoisotopic (exact) mass is 941 g/mol. The average molecular weight is 942 g/mol. The van der Waals surface area contributed by atoms with Crippen molar-refractivity contribution < 1.29 is 19.0 Å². The number of hydrogen-bond acceptors (Lipinski definition) is 4. The van der Waals surface area contributed by atoms with Crippen LogP contribution in [0.15, 0.2) is 0 Å². The second-order valence-corrected chi connectivity index (χ2v) is 23.7. The van der Waals surface area contributed by atoms with Gasteiger partial charge in [-0.3, -0.25) is 9.59 Å². The Morgan fingerprint density at radius 2 is 0.797 bits per heavy atom. The molecule has 0 aliphatic heterocycles. The summed E-state index contributed by atoms with van der Waals surface area (Å²) in [6, 6.07) is 1.50. The van der Waals surface area contributed by atoms with Gasteiger partial charge < -0.3 is 20.0 Å². The highest BCUT2D eigenvalue weighted by molar-refractivity contribution is 8.76. The van der Waals surface area contributed by atoms with Gasteiger partial charge in [0.2, 0.25) is 11.8 Å². The van der Waals surface area contributed by atoms with E-state index in [2.05, 4.69) is 66.0 Å². The quantitative estimate of drug-likeness (QED) is 0.0323. The van der Waals surface area contributed by atoms with Gasteiger partial charge >= 0.3 is 0 Å². The SMILES string of the molecule is CC[NH+](CCCCCCCCCCCCCCCC(=O)NCCCCCSSCCCCCNC(=O)CCCCCCCCCCCCCCC[N+](CC)(CC(C)C)C(C)C)C(C)C. The van der Waals surface area contributed by atoms with E-state index in [4.69, 9.17) is 0 Å². The third kappa shape index (κ3) is 41.7. The van der Waals surface area contributed by atoms with Crippen LogP contribution in [-0.2, 0) is 9.59 Å². The lowest BCUT2D eigenvalue weighted by molar-refractivity contribution is -0.949. The van der Waals surface area contributed by atoms with Gasteiger partial charge in [-0.15, -0.1) is 0 Å². The number of quaternary nitrogens is 2. The Bertz CT molecular complexity index is 998. The number of carbonyl (C=O) groups is 2. The van der Waals surface area contributed by atoms with E-state index in [9.17, 15) is 9.59 Å². The van der Waals surface area contributed by atoms with Crippen LogP contribution in [0.25, 0.3) is 0 Å². The Morgan fingerprint density at radius 1 is 0.453 bits per heavy atom. The summed E-state index contributed by atoms with van der Waals surface area (Å²) in [7, 11) is 4.00. The highest BCUT2D eigenvalue weighted by Gasteiger charge is 2.29. The van der Waals surface area contributed by atoms with Crippen LogP contribution < -0.4 is 15.5 Å². The molecule has 382 valence electrons. The van der Waals surface area contributed by atoms with Crippen molar-refractivity contribution in [2.75, 3.05) is 57.3 Å². The van der Waals surface area contributed by atoms with E-state index in [1.54, 1.807) is 4.90 Å². The largest absolute Gasteiger partial charge is 0.356 e. The molecular formula is C56H116N4O2S2+2. The Morgan fingerprint density at radius 3 is 1.12 bits per heavy atom. The molecular weight excluding hydrogens is 825 g/mol. The van der Waals surface area contributed by atoms with Gasteiger partial charge in [-0.05, 0) is 106 Å². The minimum absolute atomic E-state index is 0.248. The van der Waals surface area contributed by atoms with Crippen molar-refractivity contribution >= 4 is 33.4 Å². The van der Waals surface area contributed by atoms with Crippen molar-refractivity contribution in [3.63, 3.8) is 0 Å². The second-order valence-electron chi connectivity index (χ2n) is 21.0. The predicted molar refractivity (Wildman–Crippen MR) is 290 cm³/mol. The summed E-state index contributed by atoms with van der Waals surface area (Å²) in [4.78, 5) is 26.2. The molecule has 0 aromatic heterocycles. The minimum Gasteiger partial charge on any atom is -0.356 e. The van der Waals surface area contributed by atoms with Crippen LogP contribution in [0.4, 0.5) is 0 Å². The van der Waals surface area contributed by atoms with E-state index in [-0.39, 0.29) is 11.8 Å². The fraction of sp³-hybridized carbons (Fsp3) is 0.964. The average Bonchev–Trinajstić information content (AvgIpc) is 3.26. The maximum atomic E-state index is 12.2. The van der Waals surface area contributed by atoms with Gasteiger partial charge in [0.15, 0.2) is 0 Å². The van der Waals surface area contributed by atoms with Gasteiger partial charge in [0.25, 0.3) is 0 Å². The normalized spacial score (nSPS) is 13.3. The van der Waals surface area contributed by atoms with Crippen LogP contribution in [0.1, 0.15) is 274 Å². The third-order valence-corrected chi connectivity index (χ3v) is 16.7. The predicted octanol–water partition coefficient (Wildman–Crippen LogP) is 15.1. The molecule has 0 bridgehead atoms. The molecule has 3 N–H and O–H groups in total. The van der Waals surface area contributed by atoms with Crippen LogP contribution in [0.3, 0.4) is 0 Å². The second kappa shape index (κ2) is 47.6. The zero-order valence-corrected chi connectivity index (χ0v) is 46.4. The fourth-order valence-corrected chi connectivity index (χ4v) is 12.0. The first kappa shape index (κ1) is 63.6. The summed E-state index contributed by atoms with van der Waals surface area (Å²) in [6.07, 6.45) is 43.4. The summed E-state index contributed by atoms with van der Waals surface area (Å²) in [5.74, 6) is 3.67. The maximum Gasteiger partial charge on any atom is 0.219 e. The first-order chi connectivity index (χ1) is 31.1. The van der Waals surface area contributed by atoms with E-state index in [1.165, 1.54) is 228 Å². The van der Waals surface area contributed by atoms with Crippen molar-refractivity contribution in [3.05, 3.63) is 0 Å². The molecule has 0 spiro atoms. The minimum atomic E-state index is 0.248. The molecule has 0 saturated heterocycles. The summed E-state index contributed by atoms with van der Waals surface area (Å²) in [5, 5.41) is 6.29. The van der Waals surface area contributed by atoms with E-state index in [0.29, 0.717) is 12.8 Å². The van der Waals surface area contributed by atoms with Crippen LogP contribution >= 0.6 is 21.6 Å². The molecule has 0 rings (SSSR count). The molecule has 0 aromatic carbocycles. The Labute approximate surface area is 410 Å². The molecule has 0 heterocycles. The standard InChI is InChI=1S/C56H114N4O2S2/c1-9-59(53(5)6)47-39-31-27-23-19-15-11-13-17-21-25-29-35-43-55(61)57-45-37-33-41-49-63-64-50-42-34-38-46-58-56(62)44-36-30-26-22-18-14-12-16-20-24-28-32-40-48-60(10-2,54(7)8)51-52(3)4/h52-54H,9-51H2,1-8H3,(H-,57,58,61,62)/p+2. The molecule has 64 heavy (non-hydrogen) atoms. The number of hydrogen-bond donors (Lipinski definition) is 3. The molecule has 6 nitrogen and oxygen atoms in total. The first-order valence-electron chi connectivity index (χ1n) is 28.6. The lowest BCUT2D eigenvalue weighted by Gasteiger charge is -2.43. The maximum absolute atomic E-state index is 12.2. The number of unbranched alkanes of at least 4 members (excludes halogenated alkanes) is 28. The summed E-state index contributed by atoms with van der Waals surface area (Å²) in [5.41, 5.74) is 0. The molecule has 0 radical (unpaired) electrons. The van der Waals surface area contributed by atoms with Crippen molar-refractivity contribution in [2.45, 2.75) is 286 Å². The number of nitrogens with zero attached hydrogens (tertiary/aromatic N) is 1. The fourth-order valence-electron chi connectivity index (χ4n) is 9.73. The molecule has 0 aliphatic rings. The molecule has 8 heteroatoms. The van der Waals surface area contributed by atoms with Crippen molar-refractivity contribution in [1.29, 1.82) is 0 Å². The van der Waals surface area contributed by atoms with Gasteiger partial charge in [-0.2, -0.15) is 0 Å². The van der Waals surface area contributed by atoms with Crippen LogP contribution in [0, 0.1) is 5.92 Å². The number of rotatable bonds is 51. The zero-order chi connectivity index (χ0) is 47.2. The lowest BCUT2D eigenvalue weighted by atomic mass is 10.0. The van der Waals surface area contributed by atoms with Gasteiger partial charge in [-0.25, -0.2) is 0 Å². The van der Waals surface area contributed by atoms with Gasteiger partial charge in [0.05, 0.1) is 44.8 Å². The summed E-state index contributed by atoms with van der Waals surface area (Å²) < 4.78 is 1.30. The summed E-state index contributed by atoms with van der Waals surface area (Å²) >= 11 is 0. The van der Waals surface area contributed by atoms with E-state index in [1.807, 2.05) is 21.6 Å². The van der Waals surface area contributed by atoms with Crippen molar-refractivity contribution in [3.8, 4) is 0 Å². The van der Waals surface area contributed by atoms with Gasteiger partial charge in [-0.1, -0.05) is 177 Å². The lowest BCUT2D eigenvalue weighted by Crippen LogP contribution is -3.14. The third-order valence-electron chi connectivity index (χ3n) is 14.2. The smallest absolute Gasteiger partial charge is 0.219 e. The van der Waals surface area contributed by atoms with E-state index < -0.39 is 0 Å². The number of nitrogens with one attached hydrogen (secondary N) is 3. The topological polar surface area (TPSA) is 62.6 Å². The van der Waals surface area contributed by atoms with Gasteiger partial charge in [0.1, 0.15) is 0 Å². The molecule has 2 amide bonds. The number of amides is 2. The molecule has 2 unspecified atom stereocenters.